The number of rotatable bonds is 2. The first-order chi connectivity index (χ1) is 6.25. The van der Waals surface area contributed by atoms with E-state index in [9.17, 15) is 0 Å². The summed E-state index contributed by atoms with van der Waals surface area (Å²) in [7, 11) is 0. The van der Waals surface area contributed by atoms with Gasteiger partial charge in [0.2, 0.25) is 0 Å². The van der Waals surface area contributed by atoms with Gasteiger partial charge in [0.25, 0.3) is 0 Å². The highest BCUT2D eigenvalue weighted by Gasteiger charge is 2.19. The van der Waals surface area contributed by atoms with Crippen LogP contribution in [0.4, 0.5) is 0 Å². The van der Waals surface area contributed by atoms with Crippen molar-refractivity contribution in [3.63, 3.8) is 0 Å². The molecule has 78 valence electrons. The molecule has 0 saturated carbocycles. The van der Waals surface area contributed by atoms with Gasteiger partial charge in [0, 0.05) is 12.1 Å². The topological polar surface area (TPSA) is 15.3 Å². The van der Waals surface area contributed by atoms with Crippen molar-refractivity contribution in [3.8, 4) is 0 Å². The van der Waals surface area contributed by atoms with Gasteiger partial charge in [0.1, 0.15) is 0 Å². The maximum Gasteiger partial charge on any atom is 0.00818 e. The SMILES string of the molecule is CCC(C)N1CCCNCCC1C. The highest BCUT2D eigenvalue weighted by atomic mass is 15.2. The summed E-state index contributed by atoms with van der Waals surface area (Å²) < 4.78 is 0. The lowest BCUT2D eigenvalue weighted by Gasteiger charge is -2.35. The Morgan fingerprint density at radius 1 is 1.46 bits per heavy atom. The monoisotopic (exact) mass is 184 g/mol. The van der Waals surface area contributed by atoms with Gasteiger partial charge in [-0.1, -0.05) is 6.92 Å². The Hall–Kier alpha value is -0.0800. The third-order valence-corrected chi connectivity index (χ3v) is 3.23. The van der Waals surface area contributed by atoms with Gasteiger partial charge in [-0.3, -0.25) is 4.90 Å². The van der Waals surface area contributed by atoms with E-state index in [0.29, 0.717) is 0 Å². The smallest absolute Gasteiger partial charge is 0.00818 e. The van der Waals surface area contributed by atoms with Gasteiger partial charge in [-0.15, -0.1) is 0 Å². The van der Waals surface area contributed by atoms with E-state index in [1.807, 2.05) is 0 Å². The van der Waals surface area contributed by atoms with Crippen molar-refractivity contribution in [1.29, 1.82) is 0 Å². The third-order valence-electron chi connectivity index (χ3n) is 3.23. The quantitative estimate of drug-likeness (QED) is 0.704. The maximum atomic E-state index is 3.47. The van der Waals surface area contributed by atoms with Crippen LogP contribution in [0.3, 0.4) is 0 Å². The Bertz CT molecular complexity index is 136. The van der Waals surface area contributed by atoms with Crippen LogP contribution in [0.25, 0.3) is 0 Å². The first-order valence-corrected chi connectivity index (χ1v) is 5.72. The lowest BCUT2D eigenvalue weighted by Crippen LogP contribution is -2.44. The van der Waals surface area contributed by atoms with Crippen molar-refractivity contribution < 1.29 is 0 Å². The molecule has 13 heavy (non-hydrogen) atoms. The zero-order chi connectivity index (χ0) is 9.68. The molecule has 1 rings (SSSR count). The summed E-state index contributed by atoms with van der Waals surface area (Å²) in [5.41, 5.74) is 0. The van der Waals surface area contributed by atoms with E-state index in [-0.39, 0.29) is 0 Å². The fourth-order valence-electron chi connectivity index (χ4n) is 2.10. The molecule has 0 amide bonds. The van der Waals surface area contributed by atoms with Crippen LogP contribution in [0, 0.1) is 0 Å². The van der Waals surface area contributed by atoms with Gasteiger partial charge in [-0.25, -0.2) is 0 Å². The molecule has 2 heteroatoms. The van der Waals surface area contributed by atoms with Crippen LogP contribution >= 0.6 is 0 Å². The molecular weight excluding hydrogens is 160 g/mol. The predicted octanol–water partition coefficient (Wildman–Crippen LogP) is 1.86. The van der Waals surface area contributed by atoms with Crippen molar-refractivity contribution in [2.75, 3.05) is 19.6 Å². The first kappa shape index (κ1) is 11.0. The second kappa shape index (κ2) is 5.61. The third kappa shape index (κ3) is 3.28. The Morgan fingerprint density at radius 3 is 2.92 bits per heavy atom. The molecule has 0 aromatic heterocycles. The Balaban J connectivity index is 2.45. The summed E-state index contributed by atoms with van der Waals surface area (Å²) in [5, 5.41) is 3.47. The van der Waals surface area contributed by atoms with Crippen molar-refractivity contribution in [1.82, 2.24) is 10.2 Å². The van der Waals surface area contributed by atoms with Crippen LogP contribution in [-0.4, -0.2) is 36.6 Å². The number of hydrogen-bond donors (Lipinski definition) is 1. The Labute approximate surface area is 82.7 Å². The highest BCUT2D eigenvalue weighted by Crippen LogP contribution is 2.13. The molecule has 1 heterocycles. The molecule has 1 saturated heterocycles. The molecular formula is C11H24N2. The molecule has 1 aliphatic rings. The second-order valence-corrected chi connectivity index (χ2v) is 4.24. The molecule has 1 fully saturated rings. The van der Waals surface area contributed by atoms with E-state index < -0.39 is 0 Å². The maximum absolute atomic E-state index is 3.47. The van der Waals surface area contributed by atoms with E-state index in [2.05, 4.69) is 31.0 Å². The largest absolute Gasteiger partial charge is 0.317 e. The standard InChI is InChI=1S/C11H24N2/c1-4-10(2)13-9-5-7-12-8-6-11(13)3/h10-12H,4-9H2,1-3H3. The molecule has 1 N–H and O–H groups in total. The van der Waals surface area contributed by atoms with E-state index in [1.165, 1.54) is 38.9 Å². The van der Waals surface area contributed by atoms with Crippen LogP contribution in [0.5, 0.6) is 0 Å². The first-order valence-electron chi connectivity index (χ1n) is 5.72. The van der Waals surface area contributed by atoms with Crippen LogP contribution in [0.1, 0.15) is 40.0 Å². The molecule has 2 atom stereocenters. The van der Waals surface area contributed by atoms with E-state index in [0.717, 1.165) is 12.1 Å². The zero-order valence-corrected chi connectivity index (χ0v) is 9.34. The van der Waals surface area contributed by atoms with Crippen LogP contribution < -0.4 is 5.32 Å². The predicted molar refractivity (Wildman–Crippen MR) is 58.0 cm³/mol. The minimum Gasteiger partial charge on any atom is -0.317 e. The summed E-state index contributed by atoms with van der Waals surface area (Å²) in [6.07, 6.45) is 3.87. The summed E-state index contributed by atoms with van der Waals surface area (Å²) in [6, 6.07) is 1.51. The lowest BCUT2D eigenvalue weighted by molar-refractivity contribution is 0.133. The lowest BCUT2D eigenvalue weighted by atomic mass is 10.1. The zero-order valence-electron chi connectivity index (χ0n) is 9.34. The van der Waals surface area contributed by atoms with Gasteiger partial charge < -0.3 is 5.32 Å². The average molecular weight is 184 g/mol. The van der Waals surface area contributed by atoms with Crippen molar-refractivity contribution in [3.05, 3.63) is 0 Å². The van der Waals surface area contributed by atoms with Crippen LogP contribution in [0.15, 0.2) is 0 Å². The van der Waals surface area contributed by atoms with Crippen LogP contribution in [0.2, 0.25) is 0 Å². The van der Waals surface area contributed by atoms with Crippen LogP contribution in [-0.2, 0) is 0 Å². The van der Waals surface area contributed by atoms with Gasteiger partial charge in [0.15, 0.2) is 0 Å². The molecule has 0 aliphatic carbocycles. The molecule has 2 unspecified atom stereocenters. The minimum atomic E-state index is 0.753. The normalized spacial score (nSPS) is 29.3. The van der Waals surface area contributed by atoms with Gasteiger partial charge in [-0.2, -0.15) is 0 Å². The molecule has 0 radical (unpaired) electrons. The summed E-state index contributed by atoms with van der Waals surface area (Å²) >= 11 is 0. The van der Waals surface area contributed by atoms with Gasteiger partial charge in [-0.05, 0) is 52.7 Å². The van der Waals surface area contributed by atoms with Crippen molar-refractivity contribution >= 4 is 0 Å². The Morgan fingerprint density at radius 2 is 2.23 bits per heavy atom. The van der Waals surface area contributed by atoms with E-state index in [4.69, 9.17) is 0 Å². The number of hydrogen-bond acceptors (Lipinski definition) is 2. The van der Waals surface area contributed by atoms with Crippen molar-refractivity contribution in [2.45, 2.75) is 52.1 Å². The summed E-state index contributed by atoms with van der Waals surface area (Å²) in [5.74, 6) is 0. The summed E-state index contributed by atoms with van der Waals surface area (Å²) in [4.78, 5) is 2.67. The van der Waals surface area contributed by atoms with Gasteiger partial charge >= 0.3 is 0 Å². The van der Waals surface area contributed by atoms with Crippen molar-refractivity contribution in [2.24, 2.45) is 0 Å². The molecule has 0 spiro atoms. The Kier molecular flexibility index (Phi) is 4.74. The molecule has 1 aliphatic heterocycles. The number of nitrogens with zero attached hydrogens (tertiary/aromatic N) is 1. The van der Waals surface area contributed by atoms with E-state index >= 15 is 0 Å². The summed E-state index contributed by atoms with van der Waals surface area (Å²) in [6.45, 7) is 10.6. The van der Waals surface area contributed by atoms with Gasteiger partial charge in [0.05, 0.1) is 0 Å². The molecule has 0 aromatic rings. The average Bonchev–Trinajstić information content (AvgIpc) is 2.11. The molecule has 0 bridgehead atoms. The fraction of sp³-hybridized carbons (Fsp3) is 1.00. The molecule has 0 aromatic carbocycles. The highest BCUT2D eigenvalue weighted by molar-refractivity contribution is 4.75. The minimum absolute atomic E-state index is 0.753. The van der Waals surface area contributed by atoms with E-state index in [1.54, 1.807) is 0 Å². The molecule has 2 nitrogen and oxygen atoms in total. The number of nitrogens with one attached hydrogen (secondary N) is 1. The second-order valence-electron chi connectivity index (χ2n) is 4.24. The fourth-order valence-corrected chi connectivity index (χ4v) is 2.10.